The van der Waals surface area contributed by atoms with Crippen LogP contribution in [0.25, 0.3) is 11.0 Å². The molecule has 3 heterocycles. The van der Waals surface area contributed by atoms with E-state index in [1.165, 1.54) is 4.90 Å². The first-order valence-electron chi connectivity index (χ1n) is 7.32. The molecule has 1 N–H and O–H groups in total. The Morgan fingerprint density at radius 1 is 1.25 bits per heavy atom. The fourth-order valence-electron chi connectivity index (χ4n) is 2.82. The van der Waals surface area contributed by atoms with Gasteiger partial charge in [0.2, 0.25) is 0 Å². The molecule has 0 aliphatic carbocycles. The van der Waals surface area contributed by atoms with E-state index in [9.17, 15) is 9.59 Å². The smallest absolute Gasteiger partial charge is 0.319 e. The van der Waals surface area contributed by atoms with Gasteiger partial charge in [-0.05, 0) is 34.9 Å². The fourth-order valence-corrected chi connectivity index (χ4v) is 2.82. The van der Waals surface area contributed by atoms with E-state index in [4.69, 9.17) is 0 Å². The first-order chi connectivity index (χ1) is 11.5. The summed E-state index contributed by atoms with van der Waals surface area (Å²) in [6.45, 7) is 1.82. The Bertz CT molecular complexity index is 961. The molecule has 1 aromatic carbocycles. The first-order valence-corrected chi connectivity index (χ1v) is 7.32. The van der Waals surface area contributed by atoms with Gasteiger partial charge in [-0.1, -0.05) is 6.07 Å². The average molecular weight is 326 g/mol. The maximum absolute atomic E-state index is 12.8. The third kappa shape index (κ3) is 2.05. The second-order valence-corrected chi connectivity index (χ2v) is 5.94. The molecule has 9 nitrogen and oxygen atoms in total. The number of aryl methyl sites for hydroxylation is 1. The molecule has 1 aliphatic rings. The summed E-state index contributed by atoms with van der Waals surface area (Å²) in [6, 6.07) is 4.82. The summed E-state index contributed by atoms with van der Waals surface area (Å²) < 4.78 is 6.25. The van der Waals surface area contributed by atoms with Crippen LogP contribution in [0, 0.1) is 0 Å². The van der Waals surface area contributed by atoms with Crippen LogP contribution >= 0.6 is 0 Å². The van der Waals surface area contributed by atoms with E-state index in [1.54, 1.807) is 49.2 Å². The molecule has 24 heavy (non-hydrogen) atoms. The molecule has 3 amide bonds. The van der Waals surface area contributed by atoms with Gasteiger partial charge in [0.25, 0.3) is 5.91 Å². The van der Waals surface area contributed by atoms with Crippen molar-refractivity contribution in [3.05, 3.63) is 41.7 Å². The molecule has 1 saturated heterocycles. The van der Waals surface area contributed by atoms with Crippen molar-refractivity contribution < 1.29 is 14.2 Å². The predicted octanol–water partition coefficient (Wildman–Crippen LogP) is 0.923. The Morgan fingerprint density at radius 2 is 2.04 bits per heavy atom. The molecule has 9 heteroatoms. The number of fused-ring (bicyclic) bond motifs is 1. The highest BCUT2D eigenvalue weighted by Gasteiger charge is 2.49. The summed E-state index contributed by atoms with van der Waals surface area (Å²) >= 11 is 0. The molecule has 0 saturated carbocycles. The van der Waals surface area contributed by atoms with Crippen LogP contribution in [0.5, 0.6) is 0 Å². The number of hydrogen-bond acceptors (Lipinski definition) is 6. The Kier molecular flexibility index (Phi) is 2.92. The van der Waals surface area contributed by atoms with Gasteiger partial charge in [0.15, 0.2) is 0 Å². The van der Waals surface area contributed by atoms with Crippen molar-refractivity contribution in [2.24, 2.45) is 7.05 Å². The summed E-state index contributed by atoms with van der Waals surface area (Å²) in [4.78, 5) is 26.3. The quantitative estimate of drug-likeness (QED) is 0.718. The third-order valence-corrected chi connectivity index (χ3v) is 4.22. The van der Waals surface area contributed by atoms with Gasteiger partial charge in [-0.3, -0.25) is 14.4 Å². The normalized spacial score (nSPS) is 20.8. The molecule has 1 unspecified atom stereocenters. The highest BCUT2D eigenvalue weighted by molar-refractivity contribution is 6.07. The molecule has 0 radical (unpaired) electrons. The lowest BCUT2D eigenvalue weighted by Gasteiger charge is -2.20. The molecular weight excluding hydrogens is 312 g/mol. The number of hydrogen-bond donors (Lipinski definition) is 1. The van der Waals surface area contributed by atoms with E-state index in [0.717, 1.165) is 5.56 Å². The van der Waals surface area contributed by atoms with Gasteiger partial charge < -0.3 is 5.32 Å². The van der Waals surface area contributed by atoms with E-state index in [-0.39, 0.29) is 12.5 Å². The van der Waals surface area contributed by atoms with Crippen molar-refractivity contribution >= 4 is 23.0 Å². The molecule has 1 fully saturated rings. The van der Waals surface area contributed by atoms with Crippen molar-refractivity contribution in [3.63, 3.8) is 0 Å². The predicted molar refractivity (Wildman–Crippen MR) is 81.4 cm³/mol. The van der Waals surface area contributed by atoms with Gasteiger partial charge in [-0.2, -0.15) is 5.10 Å². The SMILES string of the molecule is Cn1cc(C2(C)NC(=O)N(Cc3ccc4nonc4c3)C2=O)cn1. The minimum Gasteiger partial charge on any atom is -0.319 e. The lowest BCUT2D eigenvalue weighted by Crippen LogP contribution is -2.40. The number of imide groups is 1. The van der Waals surface area contributed by atoms with Crippen molar-refractivity contribution in [2.45, 2.75) is 19.0 Å². The van der Waals surface area contributed by atoms with Gasteiger partial charge in [0.05, 0.1) is 12.7 Å². The number of benzene rings is 1. The first kappa shape index (κ1) is 14.4. The van der Waals surface area contributed by atoms with Crippen LogP contribution in [0.4, 0.5) is 4.79 Å². The maximum Gasteiger partial charge on any atom is 0.325 e. The minimum atomic E-state index is -1.12. The number of aromatic nitrogens is 4. The third-order valence-electron chi connectivity index (χ3n) is 4.22. The average Bonchev–Trinajstić information content (AvgIpc) is 3.23. The van der Waals surface area contributed by atoms with E-state index in [0.29, 0.717) is 16.6 Å². The summed E-state index contributed by atoms with van der Waals surface area (Å²) in [5.41, 5.74) is 1.48. The number of nitrogens with zero attached hydrogens (tertiary/aromatic N) is 5. The van der Waals surface area contributed by atoms with E-state index < -0.39 is 11.6 Å². The molecule has 1 aliphatic heterocycles. The number of carbonyl (C=O) groups is 2. The molecule has 0 bridgehead atoms. The minimum absolute atomic E-state index is 0.142. The highest BCUT2D eigenvalue weighted by Crippen LogP contribution is 2.29. The zero-order valence-electron chi connectivity index (χ0n) is 13.1. The monoisotopic (exact) mass is 326 g/mol. The summed E-state index contributed by atoms with van der Waals surface area (Å²) in [6.07, 6.45) is 3.30. The van der Waals surface area contributed by atoms with Crippen LogP contribution < -0.4 is 5.32 Å². The molecule has 1 atom stereocenters. The largest absolute Gasteiger partial charge is 0.325 e. The zero-order chi connectivity index (χ0) is 16.9. The summed E-state index contributed by atoms with van der Waals surface area (Å²) in [5.74, 6) is -0.320. The number of rotatable bonds is 3. The van der Waals surface area contributed by atoms with Crippen molar-refractivity contribution in [2.75, 3.05) is 0 Å². The van der Waals surface area contributed by atoms with Crippen LogP contribution in [0.2, 0.25) is 0 Å². The Balaban J connectivity index is 1.63. The zero-order valence-corrected chi connectivity index (χ0v) is 13.1. The fraction of sp³-hybridized carbons (Fsp3) is 0.267. The second kappa shape index (κ2) is 4.88. The molecule has 122 valence electrons. The Hall–Kier alpha value is -3.23. The van der Waals surface area contributed by atoms with Gasteiger partial charge in [-0.15, -0.1) is 0 Å². The van der Waals surface area contributed by atoms with Crippen LogP contribution in [-0.4, -0.2) is 36.9 Å². The van der Waals surface area contributed by atoms with Crippen molar-refractivity contribution in [1.82, 2.24) is 30.3 Å². The maximum atomic E-state index is 12.8. The van der Waals surface area contributed by atoms with E-state index >= 15 is 0 Å². The molecule has 4 rings (SSSR count). The van der Waals surface area contributed by atoms with Gasteiger partial charge in [0, 0.05) is 18.8 Å². The summed E-state index contributed by atoms with van der Waals surface area (Å²) in [7, 11) is 1.76. The molecule has 0 spiro atoms. The second-order valence-electron chi connectivity index (χ2n) is 5.94. The number of amides is 3. The van der Waals surface area contributed by atoms with Gasteiger partial charge in [-0.25, -0.2) is 9.42 Å². The topological polar surface area (TPSA) is 106 Å². The lowest BCUT2D eigenvalue weighted by atomic mass is 9.95. The van der Waals surface area contributed by atoms with Gasteiger partial charge in [0.1, 0.15) is 16.6 Å². The number of carbonyl (C=O) groups excluding carboxylic acids is 2. The molecule has 3 aromatic rings. The molecule has 2 aromatic heterocycles. The number of nitrogens with one attached hydrogen (secondary N) is 1. The summed E-state index contributed by atoms with van der Waals surface area (Å²) in [5, 5.41) is 14.3. The van der Waals surface area contributed by atoms with Crippen LogP contribution in [0.3, 0.4) is 0 Å². The van der Waals surface area contributed by atoms with E-state index in [1.807, 2.05) is 0 Å². The van der Waals surface area contributed by atoms with Crippen LogP contribution in [0.15, 0.2) is 35.2 Å². The standard InChI is InChI=1S/C15H14N6O3/c1-15(10-6-16-20(2)8-10)13(22)21(14(23)17-15)7-9-3-4-11-12(5-9)19-24-18-11/h3-6,8H,7H2,1-2H3,(H,17,23). The van der Waals surface area contributed by atoms with Gasteiger partial charge >= 0.3 is 6.03 Å². The van der Waals surface area contributed by atoms with Crippen LogP contribution in [-0.2, 0) is 23.9 Å². The lowest BCUT2D eigenvalue weighted by molar-refractivity contribution is -0.131. The van der Waals surface area contributed by atoms with Crippen LogP contribution in [0.1, 0.15) is 18.1 Å². The van der Waals surface area contributed by atoms with Crippen molar-refractivity contribution in [3.8, 4) is 0 Å². The highest BCUT2D eigenvalue weighted by atomic mass is 16.6. The molecular formula is C15H14N6O3. The Labute approximate surface area is 136 Å². The Morgan fingerprint density at radius 3 is 2.79 bits per heavy atom. The van der Waals surface area contributed by atoms with Crippen molar-refractivity contribution in [1.29, 1.82) is 0 Å². The number of urea groups is 1. The van der Waals surface area contributed by atoms with E-state index in [2.05, 4.69) is 25.4 Å².